The van der Waals surface area contributed by atoms with Crippen molar-refractivity contribution in [2.75, 3.05) is 31.7 Å². The lowest BCUT2D eigenvalue weighted by molar-refractivity contribution is -0.0934. The number of imidazole rings is 1. The third-order valence-electron chi connectivity index (χ3n) is 2.67. The highest BCUT2D eigenvalue weighted by Gasteiger charge is 2.16. The van der Waals surface area contributed by atoms with Crippen LogP contribution in [0.3, 0.4) is 0 Å². The van der Waals surface area contributed by atoms with Crippen molar-refractivity contribution in [1.29, 1.82) is 0 Å². The molecule has 17 heavy (non-hydrogen) atoms. The summed E-state index contributed by atoms with van der Waals surface area (Å²) in [5.41, 5.74) is 0. The van der Waals surface area contributed by atoms with Crippen molar-refractivity contribution in [1.82, 2.24) is 9.55 Å². The Labute approximate surface area is 102 Å². The molecule has 5 heteroatoms. The molecule has 1 unspecified atom stereocenters. The summed E-state index contributed by atoms with van der Waals surface area (Å²) in [5, 5.41) is 3.34. The van der Waals surface area contributed by atoms with Crippen molar-refractivity contribution in [2.24, 2.45) is 5.92 Å². The van der Waals surface area contributed by atoms with E-state index in [0.29, 0.717) is 25.7 Å². The molecule has 0 bridgehead atoms. The van der Waals surface area contributed by atoms with E-state index in [9.17, 15) is 0 Å². The van der Waals surface area contributed by atoms with Gasteiger partial charge in [0.2, 0.25) is 5.95 Å². The molecule has 96 valence electrons. The van der Waals surface area contributed by atoms with Gasteiger partial charge < -0.3 is 19.4 Å². The molecule has 0 aliphatic carbocycles. The van der Waals surface area contributed by atoms with Gasteiger partial charge in [0.05, 0.1) is 32.5 Å². The molecule has 5 nitrogen and oxygen atoms in total. The van der Waals surface area contributed by atoms with Crippen LogP contribution in [-0.4, -0.2) is 42.0 Å². The highest BCUT2D eigenvalue weighted by Crippen LogP contribution is 2.10. The standard InChI is InChI=1S/C12H21N3O2/c1-10(2)7-14-12-13-3-4-15(12)8-11-9-16-5-6-17-11/h3-4,10-11H,5-9H2,1-2H3,(H,13,14). The molecule has 1 fully saturated rings. The number of hydrogen-bond donors (Lipinski definition) is 1. The van der Waals surface area contributed by atoms with Crippen molar-refractivity contribution in [3.8, 4) is 0 Å². The lowest BCUT2D eigenvalue weighted by Gasteiger charge is -2.24. The van der Waals surface area contributed by atoms with E-state index in [4.69, 9.17) is 9.47 Å². The largest absolute Gasteiger partial charge is 0.376 e. The third-order valence-corrected chi connectivity index (χ3v) is 2.67. The zero-order valence-electron chi connectivity index (χ0n) is 10.6. The highest BCUT2D eigenvalue weighted by molar-refractivity contribution is 5.25. The Morgan fingerprint density at radius 3 is 3.12 bits per heavy atom. The molecule has 1 aliphatic rings. The topological polar surface area (TPSA) is 48.3 Å². The number of aromatic nitrogens is 2. The Balaban J connectivity index is 1.88. The fourth-order valence-electron chi connectivity index (χ4n) is 1.78. The van der Waals surface area contributed by atoms with Gasteiger partial charge >= 0.3 is 0 Å². The summed E-state index contributed by atoms with van der Waals surface area (Å²) in [6.45, 7) is 8.14. The Morgan fingerprint density at radius 2 is 2.41 bits per heavy atom. The van der Waals surface area contributed by atoms with Gasteiger partial charge in [-0.1, -0.05) is 13.8 Å². The van der Waals surface area contributed by atoms with Crippen LogP contribution in [0.15, 0.2) is 12.4 Å². The van der Waals surface area contributed by atoms with Crippen molar-refractivity contribution in [3.05, 3.63) is 12.4 Å². The van der Waals surface area contributed by atoms with E-state index in [1.165, 1.54) is 0 Å². The summed E-state index contributed by atoms with van der Waals surface area (Å²) in [6, 6.07) is 0. The number of hydrogen-bond acceptors (Lipinski definition) is 4. The Bertz CT molecular complexity index is 332. The number of nitrogens with zero attached hydrogens (tertiary/aromatic N) is 2. The van der Waals surface area contributed by atoms with Crippen molar-refractivity contribution < 1.29 is 9.47 Å². The van der Waals surface area contributed by atoms with Crippen LogP contribution in [0.1, 0.15) is 13.8 Å². The lowest BCUT2D eigenvalue weighted by atomic mass is 10.2. The van der Waals surface area contributed by atoms with Gasteiger partial charge in [0.25, 0.3) is 0 Å². The van der Waals surface area contributed by atoms with E-state index >= 15 is 0 Å². The van der Waals surface area contributed by atoms with Crippen molar-refractivity contribution >= 4 is 5.95 Å². The first kappa shape index (κ1) is 12.4. The van der Waals surface area contributed by atoms with Gasteiger partial charge in [-0.05, 0) is 5.92 Å². The maximum absolute atomic E-state index is 5.63. The third kappa shape index (κ3) is 3.71. The maximum Gasteiger partial charge on any atom is 0.202 e. The fourth-order valence-corrected chi connectivity index (χ4v) is 1.78. The number of anilines is 1. The Morgan fingerprint density at radius 1 is 1.53 bits per heavy atom. The van der Waals surface area contributed by atoms with Gasteiger partial charge in [-0.15, -0.1) is 0 Å². The summed E-state index contributed by atoms with van der Waals surface area (Å²) >= 11 is 0. The van der Waals surface area contributed by atoms with Crippen molar-refractivity contribution in [3.63, 3.8) is 0 Å². The van der Waals surface area contributed by atoms with E-state index in [1.54, 1.807) is 0 Å². The van der Waals surface area contributed by atoms with Gasteiger partial charge in [0, 0.05) is 18.9 Å². The number of ether oxygens (including phenoxy) is 2. The molecule has 1 aromatic rings. The van der Waals surface area contributed by atoms with E-state index in [1.807, 2.05) is 12.4 Å². The van der Waals surface area contributed by atoms with Crippen LogP contribution < -0.4 is 5.32 Å². The maximum atomic E-state index is 5.63. The molecule has 0 amide bonds. The average molecular weight is 239 g/mol. The normalized spacial score (nSPS) is 20.8. The van der Waals surface area contributed by atoms with E-state index in [-0.39, 0.29) is 6.10 Å². The van der Waals surface area contributed by atoms with Crippen LogP contribution in [0, 0.1) is 5.92 Å². The summed E-state index contributed by atoms with van der Waals surface area (Å²) in [5.74, 6) is 1.52. The van der Waals surface area contributed by atoms with Crippen LogP contribution in [-0.2, 0) is 16.0 Å². The summed E-state index contributed by atoms with van der Waals surface area (Å²) in [7, 11) is 0. The first-order valence-electron chi connectivity index (χ1n) is 6.20. The minimum absolute atomic E-state index is 0.137. The quantitative estimate of drug-likeness (QED) is 0.843. The minimum Gasteiger partial charge on any atom is -0.376 e. The Hall–Kier alpha value is -1.07. The summed E-state index contributed by atoms with van der Waals surface area (Å²) in [4.78, 5) is 4.31. The average Bonchev–Trinajstić information content (AvgIpc) is 2.75. The van der Waals surface area contributed by atoms with Crippen LogP contribution in [0.2, 0.25) is 0 Å². The van der Waals surface area contributed by atoms with Crippen LogP contribution in [0.5, 0.6) is 0 Å². The lowest BCUT2D eigenvalue weighted by Crippen LogP contribution is -2.32. The van der Waals surface area contributed by atoms with E-state index in [2.05, 4.69) is 28.7 Å². The molecular weight excluding hydrogens is 218 g/mol. The van der Waals surface area contributed by atoms with Gasteiger partial charge in [0.15, 0.2) is 0 Å². The SMILES string of the molecule is CC(C)CNc1nccn1CC1COCCO1. The minimum atomic E-state index is 0.137. The predicted octanol–water partition coefficient (Wildman–Crippen LogP) is 1.37. The van der Waals surface area contributed by atoms with Crippen molar-refractivity contribution in [2.45, 2.75) is 26.5 Å². The highest BCUT2D eigenvalue weighted by atomic mass is 16.6. The molecule has 1 N–H and O–H groups in total. The summed E-state index contributed by atoms with van der Waals surface area (Å²) < 4.78 is 13.1. The van der Waals surface area contributed by atoms with Gasteiger partial charge in [-0.3, -0.25) is 0 Å². The second-order valence-electron chi connectivity index (χ2n) is 4.75. The molecule has 0 aromatic carbocycles. The Kier molecular flexibility index (Phi) is 4.39. The number of nitrogens with one attached hydrogen (secondary N) is 1. The smallest absolute Gasteiger partial charge is 0.202 e. The fraction of sp³-hybridized carbons (Fsp3) is 0.750. The molecule has 2 heterocycles. The molecule has 0 spiro atoms. The second kappa shape index (κ2) is 6.02. The summed E-state index contributed by atoms with van der Waals surface area (Å²) in [6.07, 6.45) is 3.92. The van der Waals surface area contributed by atoms with E-state index in [0.717, 1.165) is 19.0 Å². The predicted molar refractivity (Wildman–Crippen MR) is 66.1 cm³/mol. The van der Waals surface area contributed by atoms with Crippen LogP contribution in [0.25, 0.3) is 0 Å². The number of rotatable bonds is 5. The molecular formula is C12H21N3O2. The molecule has 1 saturated heterocycles. The molecule has 0 saturated carbocycles. The molecule has 0 radical (unpaired) electrons. The first-order chi connectivity index (χ1) is 8.25. The monoisotopic (exact) mass is 239 g/mol. The van der Waals surface area contributed by atoms with Gasteiger partial charge in [0.1, 0.15) is 0 Å². The van der Waals surface area contributed by atoms with Gasteiger partial charge in [-0.2, -0.15) is 0 Å². The molecule has 1 atom stereocenters. The molecule has 2 rings (SSSR count). The molecule has 1 aliphatic heterocycles. The first-order valence-corrected chi connectivity index (χ1v) is 6.20. The van der Waals surface area contributed by atoms with E-state index < -0.39 is 0 Å². The van der Waals surface area contributed by atoms with Crippen LogP contribution in [0.4, 0.5) is 5.95 Å². The second-order valence-corrected chi connectivity index (χ2v) is 4.75. The van der Waals surface area contributed by atoms with Crippen LogP contribution >= 0.6 is 0 Å². The zero-order valence-corrected chi connectivity index (χ0v) is 10.6. The van der Waals surface area contributed by atoms with Gasteiger partial charge in [-0.25, -0.2) is 4.98 Å². The molecule has 1 aromatic heterocycles. The zero-order chi connectivity index (χ0) is 12.1.